The van der Waals surface area contributed by atoms with Gasteiger partial charge in [0.15, 0.2) is 5.96 Å². The number of benzene rings is 1. The maximum atomic E-state index is 5.88. The molecule has 0 saturated heterocycles. The summed E-state index contributed by atoms with van der Waals surface area (Å²) in [5.74, 6) is 0.831. The Morgan fingerprint density at radius 2 is 2.09 bits per heavy atom. The van der Waals surface area contributed by atoms with Crippen LogP contribution in [0.15, 0.2) is 47.7 Å². The zero-order valence-corrected chi connectivity index (χ0v) is 13.6. The van der Waals surface area contributed by atoms with Gasteiger partial charge in [0, 0.05) is 37.1 Å². The number of nitrogens with zero attached hydrogens (tertiary/aromatic N) is 3. The van der Waals surface area contributed by atoms with Crippen molar-refractivity contribution in [2.75, 3.05) is 13.1 Å². The molecule has 0 bridgehead atoms. The van der Waals surface area contributed by atoms with Crippen LogP contribution in [0.5, 0.6) is 0 Å². The Morgan fingerprint density at radius 1 is 1.27 bits per heavy atom. The van der Waals surface area contributed by atoms with Gasteiger partial charge < -0.3 is 10.6 Å². The van der Waals surface area contributed by atoms with Gasteiger partial charge in [0.2, 0.25) is 0 Å². The number of aliphatic imine (C=N–C) groups is 1. The molecule has 1 aromatic heterocycles. The lowest BCUT2D eigenvalue weighted by Gasteiger charge is -2.11. The lowest BCUT2D eigenvalue weighted by molar-refractivity contribution is 0.570. The van der Waals surface area contributed by atoms with Crippen LogP contribution in [0.25, 0.3) is 0 Å². The molecule has 1 aromatic carbocycles. The minimum Gasteiger partial charge on any atom is -0.357 e. The Morgan fingerprint density at radius 3 is 2.77 bits per heavy atom. The summed E-state index contributed by atoms with van der Waals surface area (Å²) < 4.78 is 1.93. The van der Waals surface area contributed by atoms with Gasteiger partial charge in [-0.1, -0.05) is 23.7 Å². The van der Waals surface area contributed by atoms with Gasteiger partial charge in [-0.2, -0.15) is 5.10 Å². The molecule has 2 aromatic rings. The van der Waals surface area contributed by atoms with Crippen molar-refractivity contribution < 1.29 is 0 Å². The summed E-state index contributed by atoms with van der Waals surface area (Å²) in [5.41, 5.74) is 1.14. The second-order valence-electron chi connectivity index (χ2n) is 4.87. The van der Waals surface area contributed by atoms with Crippen LogP contribution >= 0.6 is 11.6 Å². The van der Waals surface area contributed by atoms with Crippen molar-refractivity contribution in [2.45, 2.75) is 26.4 Å². The molecule has 0 atom stereocenters. The van der Waals surface area contributed by atoms with Crippen LogP contribution in [0.2, 0.25) is 5.02 Å². The summed E-state index contributed by atoms with van der Waals surface area (Å²) in [6.45, 7) is 5.28. The lowest BCUT2D eigenvalue weighted by Crippen LogP contribution is -2.38. The molecule has 0 radical (unpaired) electrons. The first-order valence-electron chi connectivity index (χ1n) is 7.52. The van der Waals surface area contributed by atoms with Crippen molar-refractivity contribution in [3.8, 4) is 0 Å². The number of hydrogen-bond donors (Lipinski definition) is 2. The van der Waals surface area contributed by atoms with E-state index in [9.17, 15) is 0 Å². The number of nitrogens with one attached hydrogen (secondary N) is 2. The quantitative estimate of drug-likeness (QED) is 0.469. The summed E-state index contributed by atoms with van der Waals surface area (Å²) in [6, 6.07) is 9.69. The third-order valence-electron chi connectivity index (χ3n) is 3.09. The second kappa shape index (κ2) is 9.10. The molecule has 0 aliphatic heterocycles. The van der Waals surface area contributed by atoms with E-state index in [1.807, 2.05) is 41.2 Å². The summed E-state index contributed by atoms with van der Waals surface area (Å²) in [5, 5.41) is 11.5. The average Bonchev–Trinajstić information content (AvgIpc) is 3.04. The SMILES string of the molecule is CCNC(=NCc1ccc(Cl)cc1)NCCCn1cccn1. The zero-order chi connectivity index (χ0) is 15.6. The molecule has 0 amide bonds. The molecule has 0 spiro atoms. The van der Waals surface area contributed by atoms with Crippen LogP contribution in [0.1, 0.15) is 18.9 Å². The Kier molecular flexibility index (Phi) is 6.77. The predicted molar refractivity (Wildman–Crippen MR) is 91.1 cm³/mol. The number of aryl methyl sites for hydroxylation is 1. The summed E-state index contributed by atoms with van der Waals surface area (Å²) in [7, 11) is 0. The largest absolute Gasteiger partial charge is 0.357 e. The standard InChI is InChI=1S/C16H22ClN5/c1-2-18-16(19-9-3-11-22-12-4-10-21-22)20-13-14-5-7-15(17)8-6-14/h4-8,10,12H,2-3,9,11,13H2,1H3,(H2,18,19,20). The smallest absolute Gasteiger partial charge is 0.191 e. The molecule has 0 aliphatic carbocycles. The molecule has 2 rings (SSSR count). The van der Waals surface area contributed by atoms with E-state index in [1.54, 1.807) is 6.20 Å². The van der Waals surface area contributed by atoms with E-state index < -0.39 is 0 Å². The second-order valence-corrected chi connectivity index (χ2v) is 5.31. The Balaban J connectivity index is 1.77. The molecule has 6 heteroatoms. The topological polar surface area (TPSA) is 54.2 Å². The maximum absolute atomic E-state index is 5.88. The molecular weight excluding hydrogens is 298 g/mol. The van der Waals surface area contributed by atoms with Crippen molar-refractivity contribution in [3.63, 3.8) is 0 Å². The monoisotopic (exact) mass is 319 g/mol. The lowest BCUT2D eigenvalue weighted by atomic mass is 10.2. The van der Waals surface area contributed by atoms with Crippen molar-refractivity contribution in [1.29, 1.82) is 0 Å². The molecule has 0 aliphatic rings. The first-order chi connectivity index (χ1) is 10.8. The average molecular weight is 320 g/mol. The van der Waals surface area contributed by atoms with Crippen LogP contribution in [-0.2, 0) is 13.1 Å². The maximum Gasteiger partial charge on any atom is 0.191 e. The Labute approximate surface area is 136 Å². The van der Waals surface area contributed by atoms with E-state index in [2.05, 4.69) is 27.6 Å². The van der Waals surface area contributed by atoms with E-state index in [0.29, 0.717) is 6.54 Å². The van der Waals surface area contributed by atoms with E-state index in [0.717, 1.165) is 42.6 Å². The number of aromatic nitrogens is 2. The van der Waals surface area contributed by atoms with Crippen molar-refractivity contribution in [3.05, 3.63) is 53.3 Å². The molecule has 0 fully saturated rings. The Bertz CT molecular complexity index is 563. The van der Waals surface area contributed by atoms with Crippen LogP contribution in [-0.4, -0.2) is 28.8 Å². The molecular formula is C16H22ClN5. The van der Waals surface area contributed by atoms with E-state index in [1.165, 1.54) is 0 Å². The van der Waals surface area contributed by atoms with Crippen LogP contribution in [0.3, 0.4) is 0 Å². The fourth-order valence-corrected chi connectivity index (χ4v) is 2.11. The minimum atomic E-state index is 0.631. The predicted octanol–water partition coefficient (Wildman–Crippen LogP) is 2.68. The van der Waals surface area contributed by atoms with Gasteiger partial charge in [-0.05, 0) is 37.1 Å². The van der Waals surface area contributed by atoms with Gasteiger partial charge >= 0.3 is 0 Å². The fourth-order valence-electron chi connectivity index (χ4n) is 1.98. The van der Waals surface area contributed by atoms with Gasteiger partial charge in [-0.3, -0.25) is 4.68 Å². The third-order valence-corrected chi connectivity index (χ3v) is 3.34. The highest BCUT2D eigenvalue weighted by Crippen LogP contribution is 2.10. The number of halogens is 1. The fraction of sp³-hybridized carbons (Fsp3) is 0.375. The van der Waals surface area contributed by atoms with E-state index >= 15 is 0 Å². The van der Waals surface area contributed by atoms with Crippen LogP contribution < -0.4 is 10.6 Å². The molecule has 0 unspecified atom stereocenters. The highest BCUT2D eigenvalue weighted by atomic mass is 35.5. The van der Waals surface area contributed by atoms with E-state index in [4.69, 9.17) is 11.6 Å². The zero-order valence-electron chi connectivity index (χ0n) is 12.8. The first kappa shape index (κ1) is 16.4. The summed E-state index contributed by atoms with van der Waals surface area (Å²) in [6.07, 6.45) is 4.76. The third kappa shape index (κ3) is 5.77. The van der Waals surface area contributed by atoms with E-state index in [-0.39, 0.29) is 0 Å². The number of guanidine groups is 1. The van der Waals surface area contributed by atoms with Crippen molar-refractivity contribution >= 4 is 17.6 Å². The molecule has 5 nitrogen and oxygen atoms in total. The van der Waals surface area contributed by atoms with Gasteiger partial charge in [0.05, 0.1) is 6.54 Å². The number of rotatable bonds is 7. The van der Waals surface area contributed by atoms with Crippen LogP contribution in [0.4, 0.5) is 0 Å². The van der Waals surface area contributed by atoms with Gasteiger partial charge in [-0.25, -0.2) is 4.99 Å². The summed E-state index contributed by atoms with van der Waals surface area (Å²) >= 11 is 5.88. The van der Waals surface area contributed by atoms with Gasteiger partial charge in [0.1, 0.15) is 0 Å². The minimum absolute atomic E-state index is 0.631. The Hall–Kier alpha value is -2.01. The molecule has 118 valence electrons. The van der Waals surface area contributed by atoms with Crippen molar-refractivity contribution in [1.82, 2.24) is 20.4 Å². The highest BCUT2D eigenvalue weighted by molar-refractivity contribution is 6.30. The molecule has 2 N–H and O–H groups in total. The number of hydrogen-bond acceptors (Lipinski definition) is 2. The van der Waals surface area contributed by atoms with Gasteiger partial charge in [-0.15, -0.1) is 0 Å². The first-order valence-corrected chi connectivity index (χ1v) is 7.90. The highest BCUT2D eigenvalue weighted by Gasteiger charge is 1.98. The summed E-state index contributed by atoms with van der Waals surface area (Å²) in [4.78, 5) is 4.58. The molecule has 0 saturated carbocycles. The van der Waals surface area contributed by atoms with Gasteiger partial charge in [0.25, 0.3) is 0 Å². The molecule has 1 heterocycles. The van der Waals surface area contributed by atoms with Crippen LogP contribution in [0, 0.1) is 0 Å². The normalized spacial score (nSPS) is 11.5. The molecule has 22 heavy (non-hydrogen) atoms. The van der Waals surface area contributed by atoms with Crippen molar-refractivity contribution in [2.24, 2.45) is 4.99 Å².